The van der Waals surface area contributed by atoms with Crippen LogP contribution >= 0.6 is 0 Å². The third-order valence-corrected chi connectivity index (χ3v) is 4.39. The Kier molecular flexibility index (Phi) is 6.76. The minimum atomic E-state index is -0.339. The number of para-hydroxylation sites is 1. The van der Waals surface area contributed by atoms with Crippen molar-refractivity contribution in [2.45, 2.75) is 19.5 Å². The van der Waals surface area contributed by atoms with Crippen molar-refractivity contribution in [1.82, 2.24) is 10.6 Å². The molecule has 2 amide bonds. The number of rotatable bonds is 8. The van der Waals surface area contributed by atoms with Crippen molar-refractivity contribution in [2.75, 3.05) is 11.9 Å². The molecule has 0 aliphatic heterocycles. The Morgan fingerprint density at radius 1 is 1.03 bits per heavy atom. The summed E-state index contributed by atoms with van der Waals surface area (Å²) in [5, 5.41) is 8.47. The summed E-state index contributed by atoms with van der Waals surface area (Å²) < 4.78 is 19.0. The van der Waals surface area contributed by atoms with E-state index in [1.54, 1.807) is 61.5 Å². The van der Waals surface area contributed by atoms with Crippen LogP contribution in [0.15, 0.2) is 71.3 Å². The Morgan fingerprint density at radius 3 is 2.55 bits per heavy atom. The lowest BCUT2D eigenvalue weighted by Crippen LogP contribution is -2.31. The van der Waals surface area contributed by atoms with Gasteiger partial charge in [-0.25, -0.2) is 4.39 Å². The van der Waals surface area contributed by atoms with Gasteiger partial charge in [0.25, 0.3) is 5.91 Å². The summed E-state index contributed by atoms with van der Waals surface area (Å²) in [6, 6.07) is 16.3. The molecule has 1 unspecified atom stereocenters. The van der Waals surface area contributed by atoms with Crippen LogP contribution in [0.4, 0.5) is 10.1 Å². The van der Waals surface area contributed by atoms with Gasteiger partial charge >= 0.3 is 0 Å². The van der Waals surface area contributed by atoms with Crippen molar-refractivity contribution in [3.8, 4) is 0 Å². The summed E-state index contributed by atoms with van der Waals surface area (Å²) >= 11 is 0. The Morgan fingerprint density at radius 2 is 1.79 bits per heavy atom. The van der Waals surface area contributed by atoms with E-state index in [2.05, 4.69) is 16.0 Å². The predicted molar refractivity (Wildman–Crippen MR) is 108 cm³/mol. The molecule has 0 spiro atoms. The molecular weight excluding hydrogens is 373 g/mol. The smallest absolute Gasteiger partial charge is 0.253 e. The maximum absolute atomic E-state index is 13.8. The van der Waals surface area contributed by atoms with Crippen molar-refractivity contribution in [3.63, 3.8) is 0 Å². The van der Waals surface area contributed by atoms with Gasteiger partial charge in [0, 0.05) is 11.6 Å². The minimum absolute atomic E-state index is 0.0299. The lowest BCUT2D eigenvalue weighted by molar-refractivity contribution is -0.115. The third kappa shape index (κ3) is 5.52. The summed E-state index contributed by atoms with van der Waals surface area (Å²) in [7, 11) is 0. The van der Waals surface area contributed by atoms with Gasteiger partial charge < -0.3 is 20.4 Å². The summed E-state index contributed by atoms with van der Waals surface area (Å²) in [4.78, 5) is 24.8. The second kappa shape index (κ2) is 9.66. The van der Waals surface area contributed by atoms with Crippen molar-refractivity contribution in [2.24, 2.45) is 0 Å². The lowest BCUT2D eigenvalue weighted by atomic mass is 10.1. The molecule has 6 nitrogen and oxygen atoms in total. The monoisotopic (exact) mass is 395 g/mol. The standard InChI is InChI=1S/C22H22FN3O3/c1-15(17-8-2-4-10-19(17)23)24-14-21(27)26-20-11-5-3-9-18(20)22(28)25-13-16-7-6-12-29-16/h2-12,15,24H,13-14H2,1H3,(H,25,28)(H,26,27). The summed E-state index contributed by atoms with van der Waals surface area (Å²) in [6.45, 7) is 2.00. The van der Waals surface area contributed by atoms with E-state index in [1.807, 2.05) is 0 Å². The summed E-state index contributed by atoms with van der Waals surface area (Å²) in [5.74, 6) is -0.359. The average Bonchev–Trinajstić information content (AvgIpc) is 3.25. The number of carbonyl (C=O) groups is 2. The van der Waals surface area contributed by atoms with E-state index < -0.39 is 0 Å². The first kappa shape index (κ1) is 20.3. The van der Waals surface area contributed by atoms with Gasteiger partial charge in [0.2, 0.25) is 5.91 Å². The molecule has 1 aromatic heterocycles. The topological polar surface area (TPSA) is 83.4 Å². The zero-order chi connectivity index (χ0) is 20.6. The first-order valence-electron chi connectivity index (χ1n) is 9.22. The normalized spacial score (nSPS) is 11.7. The second-order valence-electron chi connectivity index (χ2n) is 6.48. The minimum Gasteiger partial charge on any atom is -0.467 e. The fourth-order valence-corrected chi connectivity index (χ4v) is 2.84. The molecule has 3 rings (SSSR count). The van der Waals surface area contributed by atoms with Gasteiger partial charge in [0.15, 0.2) is 0 Å². The zero-order valence-electron chi connectivity index (χ0n) is 15.9. The van der Waals surface area contributed by atoms with Crippen molar-refractivity contribution >= 4 is 17.5 Å². The largest absolute Gasteiger partial charge is 0.467 e. The Labute approximate surface area is 168 Å². The summed E-state index contributed by atoms with van der Waals surface area (Å²) in [5.41, 5.74) is 1.22. The highest BCUT2D eigenvalue weighted by Gasteiger charge is 2.15. The van der Waals surface area contributed by atoms with E-state index in [1.165, 1.54) is 12.3 Å². The van der Waals surface area contributed by atoms with Crippen LogP contribution in [-0.2, 0) is 11.3 Å². The molecule has 1 heterocycles. The van der Waals surface area contributed by atoms with Crippen LogP contribution in [0.1, 0.15) is 34.6 Å². The predicted octanol–water partition coefficient (Wildman–Crippen LogP) is 3.64. The van der Waals surface area contributed by atoms with Crippen LogP contribution in [0.25, 0.3) is 0 Å². The van der Waals surface area contributed by atoms with Crippen LogP contribution in [-0.4, -0.2) is 18.4 Å². The van der Waals surface area contributed by atoms with Crippen molar-refractivity contribution in [3.05, 3.63) is 89.6 Å². The lowest BCUT2D eigenvalue weighted by Gasteiger charge is -2.16. The van der Waals surface area contributed by atoms with E-state index >= 15 is 0 Å². The molecule has 0 radical (unpaired) electrons. The van der Waals surface area contributed by atoms with E-state index in [9.17, 15) is 14.0 Å². The van der Waals surface area contributed by atoms with Crippen LogP contribution in [0.3, 0.4) is 0 Å². The first-order chi connectivity index (χ1) is 14.0. The quantitative estimate of drug-likeness (QED) is 0.544. The molecule has 2 aromatic carbocycles. The van der Waals surface area contributed by atoms with Gasteiger partial charge in [-0.05, 0) is 37.3 Å². The fourth-order valence-electron chi connectivity index (χ4n) is 2.84. The molecule has 0 aliphatic rings. The molecule has 0 fully saturated rings. The van der Waals surface area contributed by atoms with E-state index in [4.69, 9.17) is 4.42 Å². The molecule has 150 valence electrons. The first-order valence-corrected chi connectivity index (χ1v) is 9.22. The highest BCUT2D eigenvalue weighted by Crippen LogP contribution is 2.17. The molecular formula is C22H22FN3O3. The maximum Gasteiger partial charge on any atom is 0.253 e. The van der Waals surface area contributed by atoms with Crippen LogP contribution in [0.5, 0.6) is 0 Å². The molecule has 7 heteroatoms. The van der Waals surface area contributed by atoms with Crippen molar-refractivity contribution in [1.29, 1.82) is 0 Å². The van der Waals surface area contributed by atoms with Gasteiger partial charge in [0.1, 0.15) is 11.6 Å². The highest BCUT2D eigenvalue weighted by molar-refractivity contribution is 6.04. The Bertz CT molecular complexity index is 973. The molecule has 0 bridgehead atoms. The maximum atomic E-state index is 13.8. The van der Waals surface area contributed by atoms with Crippen molar-refractivity contribution < 1.29 is 18.4 Å². The Hall–Kier alpha value is -3.45. The fraction of sp³-hybridized carbons (Fsp3) is 0.182. The highest BCUT2D eigenvalue weighted by atomic mass is 19.1. The number of benzene rings is 2. The van der Waals surface area contributed by atoms with Gasteiger partial charge in [-0.3, -0.25) is 9.59 Å². The SMILES string of the molecule is CC(NCC(=O)Nc1ccccc1C(=O)NCc1ccco1)c1ccccc1F. The molecule has 0 saturated carbocycles. The van der Waals surface area contributed by atoms with E-state index in [0.717, 1.165) is 0 Å². The number of hydrogen-bond acceptors (Lipinski definition) is 4. The Balaban J connectivity index is 1.57. The second-order valence-corrected chi connectivity index (χ2v) is 6.48. The molecule has 3 N–H and O–H groups in total. The average molecular weight is 395 g/mol. The molecule has 3 aromatic rings. The van der Waals surface area contributed by atoms with Gasteiger partial charge in [-0.2, -0.15) is 0 Å². The number of hydrogen-bond donors (Lipinski definition) is 3. The molecule has 1 atom stereocenters. The van der Waals surface area contributed by atoms with Crippen LogP contribution in [0.2, 0.25) is 0 Å². The number of nitrogens with one attached hydrogen (secondary N) is 3. The molecule has 0 aliphatic carbocycles. The number of halogens is 1. The number of carbonyl (C=O) groups excluding carboxylic acids is 2. The number of amides is 2. The summed E-state index contributed by atoms with van der Waals surface area (Å²) in [6.07, 6.45) is 1.53. The van der Waals surface area contributed by atoms with Gasteiger partial charge in [0.05, 0.1) is 30.6 Å². The van der Waals surface area contributed by atoms with Crippen LogP contribution in [0, 0.1) is 5.82 Å². The molecule has 29 heavy (non-hydrogen) atoms. The van der Waals surface area contributed by atoms with E-state index in [-0.39, 0.29) is 36.8 Å². The van der Waals surface area contributed by atoms with Crippen LogP contribution < -0.4 is 16.0 Å². The van der Waals surface area contributed by atoms with E-state index in [0.29, 0.717) is 22.6 Å². The third-order valence-electron chi connectivity index (χ3n) is 4.39. The zero-order valence-corrected chi connectivity index (χ0v) is 15.9. The van der Waals surface area contributed by atoms with Gasteiger partial charge in [-0.1, -0.05) is 30.3 Å². The number of furan rings is 1. The number of anilines is 1. The van der Waals surface area contributed by atoms with Gasteiger partial charge in [-0.15, -0.1) is 0 Å². The molecule has 0 saturated heterocycles.